The van der Waals surface area contributed by atoms with E-state index in [1.54, 1.807) is 0 Å². The summed E-state index contributed by atoms with van der Waals surface area (Å²) < 4.78 is 0. The normalized spacial score (nSPS) is 37.5. The molecule has 2 fully saturated rings. The molecular formula is C15H30N2O. The molecular weight excluding hydrogens is 224 g/mol. The number of likely N-dealkylation sites (N-methyl/N-ethyl adjacent to an activating group) is 1. The standard InChI is InChI=1S/C15H30N2O/c1-12(2)15(11-18)8-13(15)9-17-7-5-6-14(10-17)16(3)4/h12-14,18H,5-11H2,1-4H3. The van der Waals surface area contributed by atoms with Crippen LogP contribution in [0.2, 0.25) is 0 Å². The molecule has 1 saturated heterocycles. The van der Waals surface area contributed by atoms with E-state index in [9.17, 15) is 5.11 Å². The molecule has 3 atom stereocenters. The maximum absolute atomic E-state index is 9.64. The number of hydrogen-bond donors (Lipinski definition) is 1. The highest BCUT2D eigenvalue weighted by Crippen LogP contribution is 2.57. The zero-order valence-electron chi connectivity index (χ0n) is 12.5. The Morgan fingerprint density at radius 2 is 2.11 bits per heavy atom. The molecule has 1 aliphatic carbocycles. The SMILES string of the molecule is CC(C)C1(CO)CC1CN1CCCC(N(C)C)C1. The van der Waals surface area contributed by atoms with Gasteiger partial charge in [0.1, 0.15) is 0 Å². The molecule has 0 aromatic rings. The van der Waals surface area contributed by atoms with Crippen molar-refractivity contribution in [3.05, 3.63) is 0 Å². The van der Waals surface area contributed by atoms with E-state index in [0.29, 0.717) is 12.5 Å². The van der Waals surface area contributed by atoms with Crippen molar-refractivity contribution < 1.29 is 5.11 Å². The van der Waals surface area contributed by atoms with Crippen LogP contribution in [-0.2, 0) is 0 Å². The Bertz CT molecular complexity index is 280. The lowest BCUT2D eigenvalue weighted by atomic mass is 9.90. The van der Waals surface area contributed by atoms with Gasteiger partial charge in [-0.05, 0) is 51.7 Å². The van der Waals surface area contributed by atoms with Crippen molar-refractivity contribution in [1.29, 1.82) is 0 Å². The molecule has 3 heteroatoms. The van der Waals surface area contributed by atoms with Crippen LogP contribution < -0.4 is 0 Å². The maximum Gasteiger partial charge on any atom is 0.0493 e. The van der Waals surface area contributed by atoms with Crippen LogP contribution in [0.1, 0.15) is 33.1 Å². The summed E-state index contributed by atoms with van der Waals surface area (Å²) in [7, 11) is 4.38. The summed E-state index contributed by atoms with van der Waals surface area (Å²) in [5.41, 5.74) is 0.241. The van der Waals surface area contributed by atoms with Gasteiger partial charge in [0.05, 0.1) is 0 Å². The van der Waals surface area contributed by atoms with Crippen LogP contribution in [0.15, 0.2) is 0 Å². The number of rotatable bonds is 5. The van der Waals surface area contributed by atoms with Gasteiger partial charge in [0, 0.05) is 31.2 Å². The van der Waals surface area contributed by atoms with Gasteiger partial charge in [0.2, 0.25) is 0 Å². The van der Waals surface area contributed by atoms with Gasteiger partial charge in [0.15, 0.2) is 0 Å². The highest BCUT2D eigenvalue weighted by Gasteiger charge is 2.55. The lowest BCUT2D eigenvalue weighted by Gasteiger charge is -2.36. The Morgan fingerprint density at radius 3 is 2.61 bits per heavy atom. The van der Waals surface area contributed by atoms with Crippen LogP contribution in [0.4, 0.5) is 0 Å². The zero-order chi connectivity index (χ0) is 13.3. The molecule has 0 aromatic heterocycles. The topological polar surface area (TPSA) is 26.7 Å². The monoisotopic (exact) mass is 254 g/mol. The average molecular weight is 254 g/mol. The molecule has 3 nitrogen and oxygen atoms in total. The van der Waals surface area contributed by atoms with E-state index in [0.717, 1.165) is 12.0 Å². The van der Waals surface area contributed by atoms with Crippen molar-refractivity contribution in [1.82, 2.24) is 9.80 Å². The molecule has 1 aliphatic heterocycles. The van der Waals surface area contributed by atoms with E-state index in [4.69, 9.17) is 0 Å². The summed E-state index contributed by atoms with van der Waals surface area (Å²) in [5, 5.41) is 9.64. The number of aliphatic hydroxyl groups excluding tert-OH is 1. The number of hydrogen-bond acceptors (Lipinski definition) is 3. The first-order valence-electron chi connectivity index (χ1n) is 7.49. The second kappa shape index (κ2) is 5.48. The lowest BCUT2D eigenvalue weighted by Crippen LogP contribution is -2.46. The first kappa shape index (κ1) is 14.3. The third kappa shape index (κ3) is 2.73. The van der Waals surface area contributed by atoms with Crippen LogP contribution in [0.25, 0.3) is 0 Å². The Kier molecular flexibility index (Phi) is 4.35. The molecule has 18 heavy (non-hydrogen) atoms. The molecule has 2 rings (SSSR count). The molecule has 1 N–H and O–H groups in total. The zero-order valence-corrected chi connectivity index (χ0v) is 12.5. The van der Waals surface area contributed by atoms with Crippen LogP contribution in [-0.4, -0.2) is 61.3 Å². The Balaban J connectivity index is 1.84. The van der Waals surface area contributed by atoms with E-state index in [2.05, 4.69) is 37.7 Å². The van der Waals surface area contributed by atoms with Crippen molar-refractivity contribution >= 4 is 0 Å². The first-order chi connectivity index (χ1) is 8.49. The van der Waals surface area contributed by atoms with Gasteiger partial charge >= 0.3 is 0 Å². The lowest BCUT2D eigenvalue weighted by molar-refractivity contribution is 0.107. The van der Waals surface area contributed by atoms with E-state index in [-0.39, 0.29) is 5.41 Å². The average Bonchev–Trinajstić information content (AvgIpc) is 3.04. The Labute approximate surface area is 112 Å². The van der Waals surface area contributed by atoms with Crippen LogP contribution in [0.5, 0.6) is 0 Å². The first-order valence-corrected chi connectivity index (χ1v) is 7.49. The minimum absolute atomic E-state index is 0.241. The fourth-order valence-corrected chi connectivity index (χ4v) is 3.66. The van der Waals surface area contributed by atoms with Crippen molar-refractivity contribution in [2.75, 3.05) is 40.3 Å². The maximum atomic E-state index is 9.64. The van der Waals surface area contributed by atoms with E-state index < -0.39 is 0 Å². The quantitative estimate of drug-likeness (QED) is 0.808. The summed E-state index contributed by atoms with van der Waals surface area (Å²) >= 11 is 0. The molecule has 1 saturated carbocycles. The summed E-state index contributed by atoms with van der Waals surface area (Å²) in [6.45, 7) is 8.55. The number of aliphatic hydroxyl groups is 1. The smallest absolute Gasteiger partial charge is 0.0493 e. The molecule has 3 unspecified atom stereocenters. The fourth-order valence-electron chi connectivity index (χ4n) is 3.66. The van der Waals surface area contributed by atoms with E-state index in [1.807, 2.05) is 0 Å². The van der Waals surface area contributed by atoms with Crippen LogP contribution in [0.3, 0.4) is 0 Å². The minimum atomic E-state index is 0.241. The predicted octanol–water partition coefficient (Wildman–Crippen LogP) is 1.67. The minimum Gasteiger partial charge on any atom is -0.396 e. The van der Waals surface area contributed by atoms with Crippen molar-refractivity contribution in [3.63, 3.8) is 0 Å². The summed E-state index contributed by atoms with van der Waals surface area (Å²) in [6.07, 6.45) is 3.89. The molecule has 0 spiro atoms. The van der Waals surface area contributed by atoms with Gasteiger partial charge in [-0.2, -0.15) is 0 Å². The van der Waals surface area contributed by atoms with Crippen molar-refractivity contribution in [2.45, 2.75) is 39.2 Å². The van der Waals surface area contributed by atoms with Gasteiger partial charge in [-0.1, -0.05) is 13.8 Å². The summed E-state index contributed by atoms with van der Waals surface area (Å²) in [6, 6.07) is 0.722. The second-order valence-electron chi connectivity index (χ2n) is 6.97. The molecule has 0 radical (unpaired) electrons. The van der Waals surface area contributed by atoms with Gasteiger partial charge in [-0.25, -0.2) is 0 Å². The number of piperidine rings is 1. The molecule has 2 aliphatic rings. The Morgan fingerprint density at radius 1 is 1.39 bits per heavy atom. The molecule has 0 bridgehead atoms. The van der Waals surface area contributed by atoms with Gasteiger partial charge in [-0.3, -0.25) is 0 Å². The molecule has 106 valence electrons. The largest absolute Gasteiger partial charge is 0.396 e. The van der Waals surface area contributed by atoms with Gasteiger partial charge in [-0.15, -0.1) is 0 Å². The van der Waals surface area contributed by atoms with Crippen LogP contribution >= 0.6 is 0 Å². The highest BCUT2D eigenvalue weighted by molar-refractivity contribution is 5.05. The third-order valence-electron chi connectivity index (χ3n) is 5.41. The molecule has 0 aromatic carbocycles. The number of nitrogens with zero attached hydrogens (tertiary/aromatic N) is 2. The molecule has 1 heterocycles. The second-order valence-corrected chi connectivity index (χ2v) is 6.97. The Hall–Kier alpha value is -0.120. The van der Waals surface area contributed by atoms with Crippen molar-refractivity contribution in [3.8, 4) is 0 Å². The fraction of sp³-hybridized carbons (Fsp3) is 1.00. The van der Waals surface area contributed by atoms with E-state index in [1.165, 1.54) is 38.9 Å². The third-order valence-corrected chi connectivity index (χ3v) is 5.41. The predicted molar refractivity (Wildman–Crippen MR) is 75.6 cm³/mol. The van der Waals surface area contributed by atoms with Crippen LogP contribution in [0, 0.1) is 17.3 Å². The van der Waals surface area contributed by atoms with E-state index >= 15 is 0 Å². The summed E-state index contributed by atoms with van der Waals surface area (Å²) in [5.74, 6) is 1.34. The molecule has 0 amide bonds. The summed E-state index contributed by atoms with van der Waals surface area (Å²) in [4.78, 5) is 4.99. The van der Waals surface area contributed by atoms with Crippen molar-refractivity contribution in [2.24, 2.45) is 17.3 Å². The van der Waals surface area contributed by atoms with Gasteiger partial charge < -0.3 is 14.9 Å². The highest BCUT2D eigenvalue weighted by atomic mass is 16.3. The van der Waals surface area contributed by atoms with Gasteiger partial charge in [0.25, 0.3) is 0 Å². The number of likely N-dealkylation sites (tertiary alicyclic amines) is 1.